The molecule has 0 saturated carbocycles. The Morgan fingerprint density at radius 1 is 0.963 bits per heavy atom. The van der Waals surface area contributed by atoms with Crippen molar-refractivity contribution in [2.45, 2.75) is 6.92 Å². The van der Waals surface area contributed by atoms with E-state index in [1.807, 2.05) is 6.07 Å². The van der Waals surface area contributed by atoms with Crippen LogP contribution in [0.4, 0.5) is 21.9 Å². The number of rotatable bonds is 4. The van der Waals surface area contributed by atoms with E-state index in [1.54, 1.807) is 29.2 Å². The van der Waals surface area contributed by atoms with Crippen molar-refractivity contribution in [3.8, 4) is 0 Å². The molecule has 2 N–H and O–H groups in total. The smallest absolute Gasteiger partial charge is 0.321 e. The van der Waals surface area contributed by atoms with Crippen molar-refractivity contribution in [3.05, 3.63) is 54.1 Å². The third kappa shape index (κ3) is 5.37. The van der Waals surface area contributed by atoms with Crippen LogP contribution in [0.5, 0.6) is 0 Å². The number of anilines is 3. The van der Waals surface area contributed by atoms with E-state index < -0.39 is 10.0 Å². The molecule has 1 heterocycles. The molecule has 0 aromatic heterocycles. The van der Waals surface area contributed by atoms with Crippen molar-refractivity contribution in [1.82, 2.24) is 4.90 Å². The van der Waals surface area contributed by atoms with Gasteiger partial charge in [-0.3, -0.25) is 4.72 Å². The molecule has 3 rings (SSSR count). The molecule has 0 bridgehead atoms. The highest BCUT2D eigenvalue weighted by Crippen LogP contribution is 2.19. The van der Waals surface area contributed by atoms with Gasteiger partial charge in [-0.2, -0.15) is 0 Å². The predicted octanol–water partition coefficient (Wildman–Crippen LogP) is 2.72. The summed E-state index contributed by atoms with van der Waals surface area (Å²) in [5.74, 6) is 0. The molecule has 1 aliphatic rings. The minimum Gasteiger partial charge on any atom is -0.368 e. The molecule has 144 valence electrons. The summed E-state index contributed by atoms with van der Waals surface area (Å²) < 4.78 is 24.8. The predicted molar refractivity (Wildman–Crippen MR) is 109 cm³/mol. The first-order chi connectivity index (χ1) is 12.8. The molecule has 2 aromatic carbocycles. The van der Waals surface area contributed by atoms with E-state index in [2.05, 4.69) is 40.1 Å². The van der Waals surface area contributed by atoms with Crippen molar-refractivity contribution in [1.29, 1.82) is 0 Å². The zero-order valence-corrected chi connectivity index (χ0v) is 16.3. The number of benzene rings is 2. The van der Waals surface area contributed by atoms with Crippen LogP contribution in [0.3, 0.4) is 0 Å². The molecular weight excluding hydrogens is 364 g/mol. The van der Waals surface area contributed by atoms with Crippen molar-refractivity contribution in [2.24, 2.45) is 0 Å². The highest BCUT2D eigenvalue weighted by atomic mass is 32.2. The van der Waals surface area contributed by atoms with Gasteiger partial charge in [0.15, 0.2) is 0 Å². The Balaban J connectivity index is 1.53. The topological polar surface area (TPSA) is 81.8 Å². The molecule has 0 spiro atoms. The van der Waals surface area contributed by atoms with E-state index in [9.17, 15) is 13.2 Å². The SMILES string of the molecule is Cc1cccc(N2CCN(C(=O)Nc3ccc(NS(C)(=O)=O)cc3)CC2)c1. The number of carbonyl (C=O) groups is 1. The zero-order valence-electron chi connectivity index (χ0n) is 15.5. The second kappa shape index (κ2) is 7.87. The minimum atomic E-state index is -3.31. The fourth-order valence-electron chi connectivity index (χ4n) is 3.03. The Bertz CT molecular complexity index is 905. The molecule has 0 atom stereocenters. The number of sulfonamides is 1. The summed E-state index contributed by atoms with van der Waals surface area (Å²) in [4.78, 5) is 16.5. The lowest BCUT2D eigenvalue weighted by atomic mass is 10.2. The van der Waals surface area contributed by atoms with Crippen LogP contribution in [0.15, 0.2) is 48.5 Å². The zero-order chi connectivity index (χ0) is 19.4. The number of carbonyl (C=O) groups excluding carboxylic acids is 1. The van der Waals surface area contributed by atoms with Crippen LogP contribution in [-0.4, -0.2) is 51.8 Å². The molecule has 1 saturated heterocycles. The van der Waals surface area contributed by atoms with Crippen LogP contribution in [0.2, 0.25) is 0 Å². The lowest BCUT2D eigenvalue weighted by Gasteiger charge is -2.36. The molecule has 1 aliphatic heterocycles. The molecule has 1 fully saturated rings. The molecule has 0 aliphatic carbocycles. The average molecular weight is 388 g/mol. The number of hydrogen-bond acceptors (Lipinski definition) is 4. The number of piperazine rings is 1. The van der Waals surface area contributed by atoms with E-state index >= 15 is 0 Å². The van der Waals surface area contributed by atoms with Crippen molar-refractivity contribution in [3.63, 3.8) is 0 Å². The molecule has 0 radical (unpaired) electrons. The number of nitrogens with one attached hydrogen (secondary N) is 2. The average Bonchev–Trinajstić information content (AvgIpc) is 2.62. The Morgan fingerprint density at radius 2 is 1.59 bits per heavy atom. The van der Waals surface area contributed by atoms with Gasteiger partial charge in [0, 0.05) is 43.2 Å². The molecule has 7 nitrogen and oxygen atoms in total. The minimum absolute atomic E-state index is 0.150. The van der Waals surface area contributed by atoms with Crippen molar-refractivity contribution < 1.29 is 13.2 Å². The quantitative estimate of drug-likeness (QED) is 0.844. The molecule has 27 heavy (non-hydrogen) atoms. The fraction of sp³-hybridized carbons (Fsp3) is 0.316. The van der Waals surface area contributed by atoms with Crippen LogP contribution in [-0.2, 0) is 10.0 Å². The molecule has 2 aromatic rings. The largest absolute Gasteiger partial charge is 0.368 e. The van der Waals surface area contributed by atoms with E-state index in [-0.39, 0.29) is 6.03 Å². The van der Waals surface area contributed by atoms with Gasteiger partial charge >= 0.3 is 6.03 Å². The van der Waals surface area contributed by atoms with Crippen LogP contribution in [0.1, 0.15) is 5.56 Å². The lowest BCUT2D eigenvalue weighted by molar-refractivity contribution is 0.208. The normalized spacial score (nSPS) is 14.7. The van der Waals surface area contributed by atoms with E-state index in [4.69, 9.17) is 0 Å². The van der Waals surface area contributed by atoms with Gasteiger partial charge in [-0.1, -0.05) is 12.1 Å². The maximum Gasteiger partial charge on any atom is 0.321 e. The maximum absolute atomic E-state index is 12.5. The van der Waals surface area contributed by atoms with Gasteiger partial charge in [0.2, 0.25) is 10.0 Å². The molecule has 8 heteroatoms. The summed E-state index contributed by atoms with van der Waals surface area (Å²) in [6.45, 7) is 4.94. The van der Waals surface area contributed by atoms with E-state index in [0.29, 0.717) is 24.5 Å². The van der Waals surface area contributed by atoms with Gasteiger partial charge in [0.1, 0.15) is 0 Å². The number of urea groups is 1. The first kappa shape index (κ1) is 19.0. The van der Waals surface area contributed by atoms with Crippen LogP contribution < -0.4 is 14.9 Å². The summed E-state index contributed by atoms with van der Waals surface area (Å²) in [6.07, 6.45) is 1.10. The van der Waals surface area contributed by atoms with Gasteiger partial charge in [-0.25, -0.2) is 13.2 Å². The Labute approximate surface area is 160 Å². The monoisotopic (exact) mass is 388 g/mol. The van der Waals surface area contributed by atoms with Gasteiger partial charge in [0.25, 0.3) is 0 Å². The van der Waals surface area contributed by atoms with Crippen LogP contribution in [0.25, 0.3) is 0 Å². The van der Waals surface area contributed by atoms with Crippen molar-refractivity contribution in [2.75, 3.05) is 47.4 Å². The fourth-order valence-corrected chi connectivity index (χ4v) is 3.59. The highest BCUT2D eigenvalue weighted by molar-refractivity contribution is 7.92. The van der Waals surface area contributed by atoms with Gasteiger partial charge in [-0.15, -0.1) is 0 Å². The highest BCUT2D eigenvalue weighted by Gasteiger charge is 2.21. The first-order valence-corrected chi connectivity index (χ1v) is 10.6. The molecule has 0 unspecified atom stereocenters. The summed E-state index contributed by atoms with van der Waals surface area (Å²) in [7, 11) is -3.31. The first-order valence-electron chi connectivity index (χ1n) is 8.75. The third-order valence-corrected chi connectivity index (χ3v) is 4.98. The van der Waals surface area contributed by atoms with E-state index in [1.165, 1.54) is 11.3 Å². The lowest BCUT2D eigenvalue weighted by Crippen LogP contribution is -2.50. The Hall–Kier alpha value is -2.74. The molecular formula is C19H24N4O3S. The van der Waals surface area contributed by atoms with Gasteiger partial charge in [-0.05, 0) is 48.9 Å². The van der Waals surface area contributed by atoms with E-state index in [0.717, 1.165) is 19.3 Å². The second-order valence-electron chi connectivity index (χ2n) is 6.69. The number of nitrogens with zero attached hydrogens (tertiary/aromatic N) is 2. The number of hydrogen-bond donors (Lipinski definition) is 2. The maximum atomic E-state index is 12.5. The van der Waals surface area contributed by atoms with Crippen molar-refractivity contribution >= 4 is 33.1 Å². The van der Waals surface area contributed by atoms with Crippen LogP contribution >= 0.6 is 0 Å². The van der Waals surface area contributed by atoms with Gasteiger partial charge < -0.3 is 15.1 Å². The van der Waals surface area contributed by atoms with Crippen LogP contribution in [0, 0.1) is 6.92 Å². The summed E-state index contributed by atoms with van der Waals surface area (Å²) in [5, 5.41) is 2.86. The standard InChI is InChI=1S/C19H24N4O3S/c1-15-4-3-5-18(14-15)22-10-12-23(13-11-22)19(24)20-16-6-8-17(9-7-16)21-27(2,25)26/h3-9,14,21H,10-13H2,1-2H3,(H,20,24). The van der Waals surface area contributed by atoms with Gasteiger partial charge in [0.05, 0.1) is 6.26 Å². The Kier molecular flexibility index (Phi) is 5.55. The Morgan fingerprint density at radius 3 is 2.19 bits per heavy atom. The molecule has 2 amide bonds. The number of aryl methyl sites for hydroxylation is 1. The number of amides is 2. The summed E-state index contributed by atoms with van der Waals surface area (Å²) >= 11 is 0. The third-order valence-electron chi connectivity index (χ3n) is 4.37. The summed E-state index contributed by atoms with van der Waals surface area (Å²) in [6, 6.07) is 14.8. The second-order valence-corrected chi connectivity index (χ2v) is 8.44. The summed E-state index contributed by atoms with van der Waals surface area (Å²) in [5.41, 5.74) is 3.49.